The minimum atomic E-state index is -5.91. The third kappa shape index (κ3) is 3.09. The van der Waals surface area contributed by atoms with E-state index >= 15 is 0 Å². The summed E-state index contributed by atoms with van der Waals surface area (Å²) in [6, 6.07) is 0. The van der Waals surface area contributed by atoms with Crippen molar-refractivity contribution >= 4 is 22.1 Å². The summed E-state index contributed by atoms with van der Waals surface area (Å²) in [5.41, 5.74) is -0.747. The smallest absolute Gasteiger partial charge is 0.456 e. The molecule has 4 rings (SSSR count). The van der Waals surface area contributed by atoms with Gasteiger partial charge >= 0.3 is 27.3 Å². The number of alkyl halides is 2. The van der Waals surface area contributed by atoms with Crippen LogP contribution in [0.4, 0.5) is 8.78 Å². The maximum atomic E-state index is 13.5. The van der Waals surface area contributed by atoms with Crippen molar-refractivity contribution in [2.45, 2.75) is 43.5 Å². The second-order valence-corrected chi connectivity index (χ2v) is 8.91. The molecule has 4 saturated carbocycles. The van der Waals surface area contributed by atoms with Crippen LogP contribution in [0.25, 0.3) is 0 Å². The number of ether oxygens (including phenoxy) is 3. The molecule has 0 heterocycles. The summed E-state index contributed by atoms with van der Waals surface area (Å²) in [7, 11) is -4.52. The molecule has 0 radical (unpaired) electrons. The molecule has 4 bridgehead atoms. The van der Waals surface area contributed by atoms with Gasteiger partial charge in [-0.1, -0.05) is 0 Å². The average molecular weight is 398 g/mol. The molecule has 0 aromatic heterocycles. The second kappa shape index (κ2) is 6.38. The number of halogens is 2. The lowest BCUT2D eigenvalue weighted by Crippen LogP contribution is -2.58. The van der Waals surface area contributed by atoms with Gasteiger partial charge in [0.15, 0.2) is 6.79 Å². The summed E-state index contributed by atoms with van der Waals surface area (Å²) in [5.74, 6) is -3.17. The highest BCUT2D eigenvalue weighted by Crippen LogP contribution is 2.61. The van der Waals surface area contributed by atoms with Crippen molar-refractivity contribution in [1.29, 1.82) is 0 Å². The molecule has 8 nitrogen and oxygen atoms in total. The third-order valence-electron chi connectivity index (χ3n) is 5.73. The zero-order valence-electron chi connectivity index (χ0n) is 14.0. The molecule has 0 amide bonds. The van der Waals surface area contributed by atoms with Crippen LogP contribution in [0.5, 0.6) is 0 Å². The fraction of sp³-hybridized carbons (Fsp3) is 0.867. The number of hydrogen-bond acceptors (Lipinski definition) is 7. The lowest BCUT2D eigenvalue weighted by Gasteiger charge is -2.57. The zero-order valence-corrected chi connectivity index (χ0v) is 14.8. The zero-order chi connectivity index (χ0) is 19.3. The summed E-state index contributed by atoms with van der Waals surface area (Å²) >= 11 is 0. The Bertz CT molecular complexity index is 690. The predicted molar refractivity (Wildman–Crippen MR) is 80.3 cm³/mol. The van der Waals surface area contributed by atoms with E-state index in [-0.39, 0.29) is 24.5 Å². The van der Waals surface area contributed by atoms with E-state index in [0.717, 1.165) is 0 Å². The molecule has 26 heavy (non-hydrogen) atoms. The van der Waals surface area contributed by atoms with Gasteiger partial charge in [-0.25, -0.2) is 4.79 Å². The van der Waals surface area contributed by atoms with Crippen molar-refractivity contribution in [3.05, 3.63) is 0 Å². The molecule has 4 aliphatic rings. The Morgan fingerprint density at radius 3 is 2.27 bits per heavy atom. The Balaban J connectivity index is 1.75. The van der Waals surface area contributed by atoms with Crippen LogP contribution in [0, 0.1) is 23.2 Å². The molecule has 0 saturated heterocycles. The van der Waals surface area contributed by atoms with Crippen LogP contribution < -0.4 is 0 Å². The van der Waals surface area contributed by atoms with E-state index in [1.807, 2.05) is 0 Å². The standard InChI is InChI=1S/C15H20F2O8S/c1-23-7-24-12(18)14-4-8-2-9(5-14)11(10(3-8)6-14)25-13(19)15(16,17)26(20,21)22/h8-11H,2-7H2,1H3,(H,20,21,22). The van der Waals surface area contributed by atoms with Crippen LogP contribution in [0.2, 0.25) is 0 Å². The van der Waals surface area contributed by atoms with Crippen molar-refractivity contribution in [1.82, 2.24) is 0 Å². The van der Waals surface area contributed by atoms with Crippen LogP contribution in [0.1, 0.15) is 32.1 Å². The van der Waals surface area contributed by atoms with Gasteiger partial charge in [0.1, 0.15) is 6.10 Å². The predicted octanol–water partition coefficient (Wildman–Crippen LogP) is 1.35. The molecule has 0 spiro atoms. The second-order valence-electron chi connectivity index (χ2n) is 7.45. The molecule has 4 fully saturated rings. The van der Waals surface area contributed by atoms with Gasteiger partial charge in [-0.15, -0.1) is 0 Å². The van der Waals surface area contributed by atoms with E-state index in [4.69, 9.17) is 18.8 Å². The first-order chi connectivity index (χ1) is 12.0. The molecule has 4 aliphatic carbocycles. The van der Waals surface area contributed by atoms with Crippen LogP contribution >= 0.6 is 0 Å². The van der Waals surface area contributed by atoms with Gasteiger partial charge in [-0.3, -0.25) is 9.35 Å². The van der Waals surface area contributed by atoms with E-state index in [0.29, 0.717) is 32.1 Å². The van der Waals surface area contributed by atoms with Gasteiger partial charge in [0.2, 0.25) is 0 Å². The number of carbonyl (C=O) groups excluding carboxylic acids is 2. The maximum Gasteiger partial charge on any atom is 0.465 e. The first kappa shape index (κ1) is 19.4. The van der Waals surface area contributed by atoms with E-state index < -0.39 is 38.8 Å². The highest BCUT2D eigenvalue weighted by atomic mass is 32.2. The van der Waals surface area contributed by atoms with Gasteiger partial charge in [-0.05, 0) is 49.9 Å². The largest absolute Gasteiger partial charge is 0.465 e. The van der Waals surface area contributed by atoms with E-state index in [1.165, 1.54) is 7.11 Å². The first-order valence-corrected chi connectivity index (χ1v) is 9.66. The normalized spacial score (nSPS) is 36.0. The molecular formula is C15H20F2O8S. The number of hydrogen-bond donors (Lipinski definition) is 1. The molecule has 0 aliphatic heterocycles. The molecule has 11 heteroatoms. The van der Waals surface area contributed by atoms with Crippen LogP contribution in [-0.2, 0) is 33.9 Å². The van der Waals surface area contributed by atoms with Gasteiger partial charge in [0.05, 0.1) is 5.41 Å². The Labute approximate surface area is 148 Å². The van der Waals surface area contributed by atoms with E-state index in [2.05, 4.69) is 0 Å². The van der Waals surface area contributed by atoms with E-state index in [9.17, 15) is 26.8 Å². The highest BCUT2D eigenvalue weighted by molar-refractivity contribution is 7.87. The maximum absolute atomic E-state index is 13.5. The van der Waals surface area contributed by atoms with Gasteiger partial charge in [0.25, 0.3) is 0 Å². The van der Waals surface area contributed by atoms with Crippen LogP contribution in [0.15, 0.2) is 0 Å². The molecule has 0 aromatic rings. The number of rotatable bonds is 6. The molecule has 148 valence electrons. The van der Waals surface area contributed by atoms with Crippen molar-refractivity contribution in [2.24, 2.45) is 23.2 Å². The summed E-state index contributed by atoms with van der Waals surface area (Å²) in [6.45, 7) is -0.181. The lowest BCUT2D eigenvalue weighted by atomic mass is 9.48. The monoisotopic (exact) mass is 398 g/mol. The molecule has 2 atom stereocenters. The highest BCUT2D eigenvalue weighted by Gasteiger charge is 2.62. The Morgan fingerprint density at radius 1 is 1.19 bits per heavy atom. The van der Waals surface area contributed by atoms with Crippen LogP contribution in [-0.4, -0.2) is 50.2 Å². The van der Waals surface area contributed by atoms with Gasteiger partial charge in [0, 0.05) is 7.11 Å². The number of esters is 2. The Kier molecular flexibility index (Phi) is 4.77. The summed E-state index contributed by atoms with van der Waals surface area (Å²) < 4.78 is 71.6. The number of methoxy groups -OCH3 is 1. The number of carbonyl (C=O) groups is 2. The third-order valence-corrected chi connectivity index (χ3v) is 6.55. The molecule has 0 aromatic carbocycles. The quantitative estimate of drug-likeness (QED) is 0.405. The van der Waals surface area contributed by atoms with Crippen molar-refractivity contribution in [3.8, 4) is 0 Å². The molecule has 2 unspecified atom stereocenters. The SMILES string of the molecule is COCOC(=O)C12CC3CC(C1)C(OC(=O)C(F)(F)S(=O)(=O)O)C(C3)C2. The topological polar surface area (TPSA) is 116 Å². The molecule has 1 N–H and O–H groups in total. The van der Waals surface area contributed by atoms with Crippen molar-refractivity contribution < 1.29 is 45.6 Å². The van der Waals surface area contributed by atoms with Crippen LogP contribution in [0.3, 0.4) is 0 Å². The van der Waals surface area contributed by atoms with Crippen molar-refractivity contribution in [2.75, 3.05) is 13.9 Å². The van der Waals surface area contributed by atoms with E-state index in [1.54, 1.807) is 0 Å². The molecular weight excluding hydrogens is 378 g/mol. The van der Waals surface area contributed by atoms with Gasteiger partial charge in [-0.2, -0.15) is 17.2 Å². The fourth-order valence-electron chi connectivity index (χ4n) is 4.98. The minimum absolute atomic E-state index is 0.181. The van der Waals surface area contributed by atoms with Gasteiger partial charge < -0.3 is 14.2 Å². The Hall–Kier alpha value is -1.33. The summed E-state index contributed by atoms with van der Waals surface area (Å²) in [6.07, 6.45) is 1.56. The average Bonchev–Trinajstić information content (AvgIpc) is 2.53. The summed E-state index contributed by atoms with van der Waals surface area (Å²) in [5, 5.41) is -5.02. The van der Waals surface area contributed by atoms with Crippen molar-refractivity contribution in [3.63, 3.8) is 0 Å². The summed E-state index contributed by atoms with van der Waals surface area (Å²) in [4.78, 5) is 24.1. The Morgan fingerprint density at radius 2 is 1.77 bits per heavy atom. The first-order valence-electron chi connectivity index (χ1n) is 8.22. The lowest BCUT2D eigenvalue weighted by molar-refractivity contribution is -0.206. The minimum Gasteiger partial charge on any atom is -0.456 e. The fourth-order valence-corrected chi connectivity index (χ4v) is 5.24.